The average molecular weight is 409 g/mol. The number of rotatable bonds is 3. The fourth-order valence-electron chi connectivity index (χ4n) is 2.21. The van der Waals surface area contributed by atoms with Gasteiger partial charge in [0.1, 0.15) is 0 Å². The van der Waals surface area contributed by atoms with Crippen LogP contribution < -0.4 is 5.73 Å². The third-order valence-corrected chi connectivity index (χ3v) is 3.76. The van der Waals surface area contributed by atoms with Crippen LogP contribution in [-0.4, -0.2) is 15.8 Å². The molecule has 0 saturated carbocycles. The Balaban J connectivity index is 0.000000225. The van der Waals surface area contributed by atoms with E-state index >= 15 is 0 Å². The zero-order valence-electron chi connectivity index (χ0n) is 16.9. The van der Waals surface area contributed by atoms with Gasteiger partial charge in [-0.1, -0.05) is 47.5 Å². The van der Waals surface area contributed by atoms with Gasteiger partial charge in [0.15, 0.2) is 0 Å². The van der Waals surface area contributed by atoms with E-state index in [2.05, 4.69) is 0 Å². The van der Waals surface area contributed by atoms with Crippen molar-refractivity contribution >= 4 is 17.3 Å². The van der Waals surface area contributed by atoms with Crippen LogP contribution in [0.3, 0.4) is 0 Å². The summed E-state index contributed by atoms with van der Waals surface area (Å²) in [6.07, 6.45) is 0. The molecule has 0 aliphatic carbocycles. The second-order valence-corrected chi connectivity index (χ2v) is 6.42. The van der Waals surface area contributed by atoms with Crippen LogP contribution in [0.5, 0.6) is 0 Å². The van der Waals surface area contributed by atoms with Crippen molar-refractivity contribution in [3.05, 3.63) is 115 Å². The highest BCUT2D eigenvalue weighted by Gasteiger charge is 2.02. The van der Waals surface area contributed by atoms with Gasteiger partial charge in [-0.15, -0.1) is 0 Å². The molecule has 0 radical (unpaired) electrons. The van der Waals surface area contributed by atoms with E-state index in [1.807, 2.05) is 39.0 Å². The summed E-state index contributed by atoms with van der Waals surface area (Å²) in [5.41, 5.74) is 8.91. The summed E-state index contributed by atoms with van der Waals surface area (Å²) >= 11 is 0. The maximum atomic E-state index is 10.6. The number of hydrogen-bond donors (Lipinski definition) is 1. The van der Waals surface area contributed by atoms with Crippen LogP contribution in [0.25, 0.3) is 0 Å². The molecule has 8 nitrogen and oxygen atoms in total. The summed E-state index contributed by atoms with van der Waals surface area (Å²) in [4.78, 5) is 30.1. The van der Waals surface area contributed by atoms with Crippen molar-refractivity contribution in [1.29, 1.82) is 0 Å². The molecule has 1 amide bonds. The lowest BCUT2D eigenvalue weighted by Gasteiger charge is -1.94. The zero-order valence-corrected chi connectivity index (χ0v) is 16.9. The highest BCUT2D eigenvalue weighted by atomic mass is 16.6. The maximum Gasteiger partial charge on any atom is 0.269 e. The van der Waals surface area contributed by atoms with Crippen LogP contribution in [0.2, 0.25) is 0 Å². The largest absolute Gasteiger partial charge is 0.366 e. The van der Waals surface area contributed by atoms with E-state index in [9.17, 15) is 25.0 Å². The Bertz CT molecular complexity index is 962. The van der Waals surface area contributed by atoms with Crippen LogP contribution in [0, 0.1) is 41.0 Å². The highest BCUT2D eigenvalue weighted by molar-refractivity contribution is 5.92. The molecule has 3 aromatic rings. The van der Waals surface area contributed by atoms with Gasteiger partial charge in [0, 0.05) is 29.8 Å². The number of non-ortho nitro benzene ring substituents is 2. The van der Waals surface area contributed by atoms with Gasteiger partial charge < -0.3 is 5.73 Å². The lowest BCUT2D eigenvalue weighted by Crippen LogP contribution is -2.10. The fourth-order valence-corrected chi connectivity index (χ4v) is 2.21. The fraction of sp³-hybridized carbons (Fsp3) is 0.136. The standard InChI is InChI=1S/C8H9NO.2C7H7NO2/c1-6-3-2-4-7(5-6)8(9)10;1-6-2-4-7(5-3-6)8(9)10;1-6-3-2-4-7(5-6)8(9)10/h2-5H,1H3,(H2,9,10);2*2-5H,1H3. The molecule has 8 heteroatoms. The van der Waals surface area contributed by atoms with Gasteiger partial charge in [0.2, 0.25) is 5.91 Å². The van der Waals surface area contributed by atoms with Crippen molar-refractivity contribution in [2.45, 2.75) is 20.8 Å². The topological polar surface area (TPSA) is 129 Å². The van der Waals surface area contributed by atoms with Gasteiger partial charge in [-0.25, -0.2) is 0 Å². The van der Waals surface area contributed by atoms with Gasteiger partial charge in [0.25, 0.3) is 11.4 Å². The van der Waals surface area contributed by atoms with Gasteiger partial charge in [-0.3, -0.25) is 25.0 Å². The van der Waals surface area contributed by atoms with E-state index in [1.165, 1.54) is 18.2 Å². The molecular formula is C22H23N3O5. The molecule has 2 N–H and O–H groups in total. The number of carbonyl (C=O) groups excluding carboxylic acids is 1. The predicted molar refractivity (Wildman–Crippen MR) is 115 cm³/mol. The lowest BCUT2D eigenvalue weighted by atomic mass is 10.1. The Kier molecular flexibility index (Phi) is 9.35. The van der Waals surface area contributed by atoms with Crippen molar-refractivity contribution in [3.8, 4) is 0 Å². The molecule has 0 aliphatic heterocycles. The van der Waals surface area contributed by atoms with Crippen LogP contribution >= 0.6 is 0 Å². The molecule has 3 aromatic carbocycles. The third kappa shape index (κ3) is 8.75. The molecule has 0 fully saturated rings. The Morgan fingerprint density at radius 2 is 1.20 bits per heavy atom. The number of nitrogens with two attached hydrogens (primary N) is 1. The minimum absolute atomic E-state index is 0.144. The normalized spacial score (nSPS) is 9.30. The number of benzene rings is 3. The number of aryl methyl sites for hydroxylation is 3. The second-order valence-electron chi connectivity index (χ2n) is 6.42. The number of nitro benzene ring substituents is 2. The quantitative estimate of drug-likeness (QED) is 0.486. The molecule has 0 heterocycles. The molecule has 0 atom stereocenters. The summed E-state index contributed by atoms with van der Waals surface area (Å²) < 4.78 is 0. The monoisotopic (exact) mass is 409 g/mol. The van der Waals surface area contributed by atoms with Gasteiger partial charge >= 0.3 is 0 Å². The van der Waals surface area contributed by atoms with E-state index < -0.39 is 9.85 Å². The number of amides is 1. The van der Waals surface area contributed by atoms with E-state index in [0.717, 1.165) is 16.7 Å². The number of hydrogen-bond acceptors (Lipinski definition) is 5. The smallest absolute Gasteiger partial charge is 0.269 e. The molecule has 0 spiro atoms. The summed E-state index contributed by atoms with van der Waals surface area (Å²) in [5.74, 6) is -0.372. The van der Waals surface area contributed by atoms with E-state index in [4.69, 9.17) is 5.73 Å². The Morgan fingerprint density at radius 1 is 0.700 bits per heavy atom. The summed E-state index contributed by atoms with van der Waals surface area (Å²) in [5, 5.41) is 20.3. The van der Waals surface area contributed by atoms with Crippen molar-refractivity contribution in [3.63, 3.8) is 0 Å². The van der Waals surface area contributed by atoms with Crippen molar-refractivity contribution in [2.75, 3.05) is 0 Å². The van der Waals surface area contributed by atoms with Crippen molar-refractivity contribution in [2.24, 2.45) is 5.73 Å². The first kappa shape index (κ1) is 24.0. The number of primary amides is 1. The molecule has 30 heavy (non-hydrogen) atoms. The third-order valence-electron chi connectivity index (χ3n) is 3.76. The molecule has 0 bridgehead atoms. The molecular weight excluding hydrogens is 386 g/mol. The van der Waals surface area contributed by atoms with Crippen molar-refractivity contribution < 1.29 is 14.6 Å². The van der Waals surface area contributed by atoms with Crippen LogP contribution in [-0.2, 0) is 0 Å². The Hall–Kier alpha value is -4.07. The van der Waals surface area contributed by atoms with Gasteiger partial charge in [0.05, 0.1) is 9.85 Å². The second kappa shape index (κ2) is 11.7. The van der Waals surface area contributed by atoms with E-state index in [0.29, 0.717) is 5.56 Å². The lowest BCUT2D eigenvalue weighted by molar-refractivity contribution is -0.385. The SMILES string of the molecule is Cc1ccc([N+](=O)[O-])cc1.Cc1cccc(C(N)=O)c1.Cc1cccc([N+](=O)[O-])c1. The van der Waals surface area contributed by atoms with Crippen LogP contribution in [0.15, 0.2) is 72.8 Å². The summed E-state index contributed by atoms with van der Waals surface area (Å²) in [6.45, 7) is 5.64. The molecule has 0 aliphatic rings. The minimum atomic E-state index is -0.403. The zero-order chi connectivity index (χ0) is 22.7. The van der Waals surface area contributed by atoms with E-state index in [1.54, 1.807) is 36.4 Å². The number of nitro groups is 2. The molecule has 156 valence electrons. The number of nitrogens with zero attached hydrogens (tertiary/aromatic N) is 2. The minimum Gasteiger partial charge on any atom is -0.366 e. The van der Waals surface area contributed by atoms with E-state index in [-0.39, 0.29) is 17.3 Å². The molecule has 0 unspecified atom stereocenters. The summed E-state index contributed by atoms with van der Waals surface area (Å²) in [6, 6.07) is 20.2. The van der Waals surface area contributed by atoms with Gasteiger partial charge in [-0.2, -0.15) is 0 Å². The maximum absolute atomic E-state index is 10.6. The Morgan fingerprint density at radius 3 is 1.57 bits per heavy atom. The first-order valence-electron chi connectivity index (χ1n) is 8.88. The molecule has 0 aromatic heterocycles. The van der Waals surface area contributed by atoms with Gasteiger partial charge in [-0.05, 0) is 38.5 Å². The highest BCUT2D eigenvalue weighted by Crippen LogP contribution is 2.11. The Labute approximate surface area is 174 Å². The summed E-state index contributed by atoms with van der Waals surface area (Å²) in [7, 11) is 0. The first-order chi connectivity index (χ1) is 14.1. The van der Waals surface area contributed by atoms with Crippen molar-refractivity contribution in [1.82, 2.24) is 0 Å². The average Bonchev–Trinajstić information content (AvgIpc) is 2.69. The van der Waals surface area contributed by atoms with Crippen LogP contribution in [0.4, 0.5) is 11.4 Å². The first-order valence-corrected chi connectivity index (χ1v) is 8.88. The van der Waals surface area contributed by atoms with Crippen LogP contribution in [0.1, 0.15) is 27.0 Å². The number of carbonyl (C=O) groups is 1. The molecule has 0 saturated heterocycles. The predicted octanol–water partition coefficient (Wildman–Crippen LogP) is 4.90. The molecule has 3 rings (SSSR count).